The highest BCUT2D eigenvalue weighted by molar-refractivity contribution is 9.10. The van der Waals surface area contributed by atoms with Gasteiger partial charge in [-0.1, -0.05) is 12.1 Å². The molecule has 0 aliphatic carbocycles. The van der Waals surface area contributed by atoms with Gasteiger partial charge in [0.1, 0.15) is 5.82 Å². The highest BCUT2D eigenvalue weighted by Crippen LogP contribution is 2.22. The van der Waals surface area contributed by atoms with Gasteiger partial charge in [0, 0.05) is 12.1 Å². The van der Waals surface area contributed by atoms with Gasteiger partial charge < -0.3 is 0 Å². The number of nitrogens with zero attached hydrogens (tertiary/aromatic N) is 2. The van der Waals surface area contributed by atoms with Gasteiger partial charge in [0.15, 0.2) is 5.78 Å². The fourth-order valence-electron chi connectivity index (χ4n) is 1.95. The molecule has 0 saturated carbocycles. The van der Waals surface area contributed by atoms with E-state index in [1.165, 1.54) is 12.1 Å². The van der Waals surface area contributed by atoms with Crippen LogP contribution in [0, 0.1) is 12.7 Å². The maximum Gasteiger partial charge on any atom is 0.168 e. The third-order valence-electron chi connectivity index (χ3n) is 2.93. The number of benzene rings is 1. The number of aryl methyl sites for hydroxylation is 2. The zero-order valence-electron chi connectivity index (χ0n) is 10.8. The summed E-state index contributed by atoms with van der Waals surface area (Å²) in [5.74, 6) is -0.514. The van der Waals surface area contributed by atoms with Crippen molar-refractivity contribution < 1.29 is 9.18 Å². The van der Waals surface area contributed by atoms with Crippen LogP contribution in [0.4, 0.5) is 4.39 Å². The van der Waals surface area contributed by atoms with Gasteiger partial charge in [0.2, 0.25) is 0 Å². The lowest BCUT2D eigenvalue weighted by Gasteiger charge is -2.05. The lowest BCUT2D eigenvalue weighted by molar-refractivity contribution is 0.0990. The first-order valence-corrected chi connectivity index (χ1v) is 6.82. The normalized spacial score (nSPS) is 10.7. The molecule has 5 heteroatoms. The van der Waals surface area contributed by atoms with Gasteiger partial charge in [-0.3, -0.25) is 9.48 Å². The summed E-state index contributed by atoms with van der Waals surface area (Å²) in [6, 6.07) is 5.75. The summed E-state index contributed by atoms with van der Waals surface area (Å²) < 4.78 is 15.8. The molecule has 0 bridgehead atoms. The molecule has 0 unspecified atom stereocenters. The van der Waals surface area contributed by atoms with Crippen molar-refractivity contribution in [2.24, 2.45) is 0 Å². The van der Waals surface area contributed by atoms with Crippen molar-refractivity contribution in [3.05, 3.63) is 51.5 Å². The van der Waals surface area contributed by atoms with Gasteiger partial charge in [-0.25, -0.2) is 4.39 Å². The molecule has 0 aliphatic rings. The van der Waals surface area contributed by atoms with Gasteiger partial charge in [-0.15, -0.1) is 0 Å². The Morgan fingerprint density at radius 1 is 1.47 bits per heavy atom. The summed E-state index contributed by atoms with van der Waals surface area (Å²) in [6.45, 7) is 4.54. The average molecular weight is 325 g/mol. The molecule has 0 radical (unpaired) electrons. The molecule has 1 heterocycles. The average Bonchev–Trinajstić information content (AvgIpc) is 2.66. The number of ketones is 1. The topological polar surface area (TPSA) is 34.9 Å². The van der Waals surface area contributed by atoms with Crippen LogP contribution in [0.1, 0.15) is 28.7 Å². The molecule has 19 heavy (non-hydrogen) atoms. The summed E-state index contributed by atoms with van der Waals surface area (Å²) in [5, 5.41) is 4.34. The summed E-state index contributed by atoms with van der Waals surface area (Å²) >= 11 is 3.45. The first kappa shape index (κ1) is 13.9. The number of hydrogen-bond acceptors (Lipinski definition) is 2. The minimum Gasteiger partial charge on any atom is -0.294 e. The van der Waals surface area contributed by atoms with Crippen molar-refractivity contribution in [2.75, 3.05) is 0 Å². The van der Waals surface area contributed by atoms with Gasteiger partial charge in [-0.2, -0.15) is 5.10 Å². The fourth-order valence-corrected chi connectivity index (χ4v) is 2.38. The Bertz CT molecular complexity index is 622. The highest BCUT2D eigenvalue weighted by atomic mass is 79.9. The molecular formula is C14H14BrFN2O. The number of rotatable bonds is 4. The number of carbonyl (C=O) groups excluding carboxylic acids is 1. The van der Waals surface area contributed by atoms with E-state index in [4.69, 9.17) is 0 Å². The standard InChI is InChI=1S/C14H14BrFN2O/c1-3-18-12(14(15)9(2)17-18)8-13(19)10-5-4-6-11(16)7-10/h4-7H,3,8H2,1-2H3. The van der Waals surface area contributed by atoms with E-state index in [-0.39, 0.29) is 12.2 Å². The lowest BCUT2D eigenvalue weighted by Crippen LogP contribution is -2.10. The van der Waals surface area contributed by atoms with Crippen molar-refractivity contribution >= 4 is 21.7 Å². The second-order valence-corrected chi connectivity index (χ2v) is 5.07. The summed E-state index contributed by atoms with van der Waals surface area (Å²) in [7, 11) is 0. The van der Waals surface area contributed by atoms with E-state index in [0.29, 0.717) is 12.1 Å². The molecule has 0 aliphatic heterocycles. The van der Waals surface area contributed by atoms with Crippen LogP contribution in [0.3, 0.4) is 0 Å². The molecular weight excluding hydrogens is 311 g/mol. The molecule has 0 N–H and O–H groups in total. The van der Waals surface area contributed by atoms with Crippen molar-refractivity contribution in [3.8, 4) is 0 Å². The molecule has 2 rings (SSSR count). The Balaban J connectivity index is 2.29. The predicted molar refractivity (Wildman–Crippen MR) is 74.8 cm³/mol. The van der Waals surface area contributed by atoms with Crippen LogP contribution in [0.15, 0.2) is 28.7 Å². The lowest BCUT2D eigenvalue weighted by atomic mass is 10.1. The molecule has 0 atom stereocenters. The number of hydrogen-bond donors (Lipinski definition) is 0. The molecule has 3 nitrogen and oxygen atoms in total. The van der Waals surface area contributed by atoms with Crippen LogP contribution in [-0.4, -0.2) is 15.6 Å². The Kier molecular flexibility index (Phi) is 4.14. The molecule has 1 aromatic carbocycles. The van der Waals surface area contributed by atoms with E-state index in [0.717, 1.165) is 15.9 Å². The summed E-state index contributed by atoms with van der Waals surface area (Å²) in [6.07, 6.45) is 0.207. The molecule has 0 amide bonds. The molecule has 2 aromatic rings. The van der Waals surface area contributed by atoms with Crippen LogP contribution in [-0.2, 0) is 13.0 Å². The zero-order chi connectivity index (χ0) is 14.0. The molecule has 100 valence electrons. The number of aromatic nitrogens is 2. The van der Waals surface area contributed by atoms with E-state index >= 15 is 0 Å². The Labute approximate surface area is 119 Å². The maximum atomic E-state index is 13.1. The van der Waals surface area contributed by atoms with Crippen molar-refractivity contribution in [1.29, 1.82) is 0 Å². The summed E-state index contributed by atoms with van der Waals surface area (Å²) in [4.78, 5) is 12.2. The number of Topliss-reactive ketones (excluding diaryl/α,β-unsaturated/α-hetero) is 1. The number of halogens is 2. The molecule has 0 saturated heterocycles. The van der Waals surface area contributed by atoms with Gasteiger partial charge in [-0.05, 0) is 41.9 Å². The monoisotopic (exact) mass is 324 g/mol. The molecule has 1 aromatic heterocycles. The van der Waals surface area contributed by atoms with Crippen molar-refractivity contribution in [1.82, 2.24) is 9.78 Å². The third-order valence-corrected chi connectivity index (χ3v) is 3.96. The largest absolute Gasteiger partial charge is 0.294 e. The predicted octanol–water partition coefficient (Wildman–Crippen LogP) is 3.54. The summed E-state index contributed by atoms with van der Waals surface area (Å²) in [5.41, 5.74) is 2.06. The van der Waals surface area contributed by atoms with Crippen molar-refractivity contribution in [2.45, 2.75) is 26.8 Å². The smallest absolute Gasteiger partial charge is 0.168 e. The van der Waals surface area contributed by atoms with Gasteiger partial charge in [0.05, 0.1) is 22.3 Å². The van der Waals surface area contributed by atoms with Crippen LogP contribution in [0.5, 0.6) is 0 Å². The minimum absolute atomic E-state index is 0.116. The highest BCUT2D eigenvalue weighted by Gasteiger charge is 2.16. The van der Waals surface area contributed by atoms with E-state index < -0.39 is 5.82 Å². The SMILES string of the molecule is CCn1nc(C)c(Br)c1CC(=O)c1cccc(F)c1. The van der Waals surface area contributed by atoms with Crippen LogP contribution >= 0.6 is 15.9 Å². The molecule has 0 spiro atoms. The van der Waals surface area contributed by atoms with Crippen LogP contribution < -0.4 is 0 Å². The Morgan fingerprint density at radius 3 is 2.84 bits per heavy atom. The fraction of sp³-hybridized carbons (Fsp3) is 0.286. The second kappa shape index (κ2) is 5.65. The third kappa shape index (κ3) is 2.92. The Morgan fingerprint density at radius 2 is 2.21 bits per heavy atom. The van der Waals surface area contributed by atoms with E-state index in [2.05, 4.69) is 21.0 Å². The Hall–Kier alpha value is -1.49. The van der Waals surface area contributed by atoms with E-state index in [1.807, 2.05) is 13.8 Å². The zero-order valence-corrected chi connectivity index (χ0v) is 12.4. The van der Waals surface area contributed by atoms with Crippen LogP contribution in [0.2, 0.25) is 0 Å². The van der Waals surface area contributed by atoms with Crippen LogP contribution in [0.25, 0.3) is 0 Å². The van der Waals surface area contributed by atoms with Gasteiger partial charge in [0.25, 0.3) is 0 Å². The molecule has 0 fully saturated rings. The quantitative estimate of drug-likeness (QED) is 0.806. The van der Waals surface area contributed by atoms with Crippen molar-refractivity contribution in [3.63, 3.8) is 0 Å². The van der Waals surface area contributed by atoms with E-state index in [1.54, 1.807) is 16.8 Å². The number of carbonyl (C=O) groups is 1. The maximum absolute atomic E-state index is 13.1. The first-order valence-electron chi connectivity index (χ1n) is 6.03. The second-order valence-electron chi connectivity index (χ2n) is 4.27. The minimum atomic E-state index is -0.398. The van der Waals surface area contributed by atoms with Gasteiger partial charge >= 0.3 is 0 Å². The van der Waals surface area contributed by atoms with E-state index in [9.17, 15) is 9.18 Å². The first-order chi connectivity index (χ1) is 9.02.